The van der Waals surface area contributed by atoms with Crippen molar-refractivity contribution in [1.82, 2.24) is 4.98 Å². The van der Waals surface area contributed by atoms with Crippen LogP contribution in [0.2, 0.25) is 0 Å². The Hall–Kier alpha value is -1.62. The third-order valence-electron chi connectivity index (χ3n) is 2.01. The van der Waals surface area contributed by atoms with Gasteiger partial charge in [-0.25, -0.2) is 9.37 Å². The molecule has 0 aliphatic carbocycles. The molecule has 0 spiro atoms. The monoisotopic (exact) mass is 251 g/mol. The molecule has 0 radical (unpaired) electrons. The molecule has 0 saturated carbocycles. The van der Waals surface area contributed by atoms with Gasteiger partial charge in [0.05, 0.1) is 11.9 Å². The van der Waals surface area contributed by atoms with Gasteiger partial charge in [0.1, 0.15) is 11.6 Å². The molecule has 0 bridgehead atoms. The van der Waals surface area contributed by atoms with E-state index in [4.69, 9.17) is 4.42 Å². The molecule has 2 rings (SSSR count). The molecule has 1 heterocycles. The first-order valence-electron chi connectivity index (χ1n) is 4.99. The average molecular weight is 251 g/mol. The molecule has 0 amide bonds. The van der Waals surface area contributed by atoms with Gasteiger partial charge in [0.2, 0.25) is 0 Å². The van der Waals surface area contributed by atoms with Crippen LogP contribution in [0.25, 0.3) is 11.3 Å². The minimum Gasteiger partial charge on any atom is -0.431 e. The topological polar surface area (TPSA) is 43.1 Å². The van der Waals surface area contributed by atoms with Crippen molar-refractivity contribution in [2.45, 2.75) is 12.1 Å². The van der Waals surface area contributed by atoms with Crippen molar-refractivity contribution in [1.29, 1.82) is 0 Å². The number of hydrogen-bond donors (Lipinski definition) is 0. The number of hydrogen-bond acceptors (Lipinski definition) is 4. The number of rotatable bonds is 4. The van der Waals surface area contributed by atoms with Crippen LogP contribution in [0.1, 0.15) is 6.92 Å². The van der Waals surface area contributed by atoms with Gasteiger partial charge in [-0.1, -0.05) is 11.8 Å². The molecule has 0 aliphatic rings. The zero-order valence-corrected chi connectivity index (χ0v) is 9.96. The van der Waals surface area contributed by atoms with Crippen LogP contribution in [0.5, 0.6) is 0 Å². The minimum absolute atomic E-state index is 0.0662. The van der Waals surface area contributed by atoms with E-state index in [9.17, 15) is 9.18 Å². The van der Waals surface area contributed by atoms with Gasteiger partial charge in [0, 0.05) is 5.56 Å². The van der Waals surface area contributed by atoms with Crippen LogP contribution in [-0.2, 0) is 4.79 Å². The number of thioether (sulfide) groups is 1. The Bertz CT molecular complexity index is 522. The lowest BCUT2D eigenvalue weighted by molar-refractivity contribution is -0.114. The van der Waals surface area contributed by atoms with E-state index in [1.165, 1.54) is 30.8 Å². The fraction of sp³-hybridized carbons (Fsp3) is 0.167. The van der Waals surface area contributed by atoms with Crippen LogP contribution in [0.3, 0.4) is 0 Å². The van der Waals surface area contributed by atoms with Crippen molar-refractivity contribution in [3.63, 3.8) is 0 Å². The van der Waals surface area contributed by atoms with Gasteiger partial charge in [-0.15, -0.1) is 0 Å². The van der Waals surface area contributed by atoms with Crippen molar-refractivity contribution in [2.24, 2.45) is 0 Å². The lowest BCUT2D eigenvalue weighted by Crippen LogP contribution is -1.92. The minimum atomic E-state index is -0.292. The molecule has 3 nitrogen and oxygen atoms in total. The van der Waals surface area contributed by atoms with Gasteiger partial charge in [-0.2, -0.15) is 0 Å². The van der Waals surface area contributed by atoms with Crippen LogP contribution in [0.15, 0.2) is 40.1 Å². The molecule has 88 valence electrons. The van der Waals surface area contributed by atoms with Gasteiger partial charge in [-0.05, 0) is 31.2 Å². The van der Waals surface area contributed by atoms with E-state index in [0.29, 0.717) is 16.7 Å². The van der Waals surface area contributed by atoms with E-state index in [1.54, 1.807) is 18.3 Å². The first-order chi connectivity index (χ1) is 8.15. The molecule has 5 heteroatoms. The Labute approximate surface area is 102 Å². The second-order valence-electron chi connectivity index (χ2n) is 3.49. The van der Waals surface area contributed by atoms with E-state index < -0.39 is 0 Å². The number of oxazole rings is 1. The smallest absolute Gasteiger partial charge is 0.256 e. The number of halogens is 1. The summed E-state index contributed by atoms with van der Waals surface area (Å²) < 4.78 is 18.2. The summed E-state index contributed by atoms with van der Waals surface area (Å²) in [6, 6.07) is 5.96. The summed E-state index contributed by atoms with van der Waals surface area (Å²) in [5.74, 6) is 0.677. The van der Waals surface area contributed by atoms with Crippen LogP contribution in [-0.4, -0.2) is 16.5 Å². The second kappa shape index (κ2) is 5.14. The van der Waals surface area contributed by atoms with E-state index in [-0.39, 0.29) is 11.6 Å². The SMILES string of the molecule is CC(=O)CSc1ncc(-c2ccc(F)cc2)o1. The van der Waals surface area contributed by atoms with Crippen molar-refractivity contribution in [3.8, 4) is 11.3 Å². The first kappa shape index (κ1) is 11.9. The number of nitrogens with zero attached hydrogens (tertiary/aromatic N) is 1. The average Bonchev–Trinajstić information content (AvgIpc) is 2.76. The fourth-order valence-electron chi connectivity index (χ4n) is 1.24. The molecule has 0 N–H and O–H groups in total. The summed E-state index contributed by atoms with van der Waals surface area (Å²) in [6.07, 6.45) is 1.57. The molecule has 1 aromatic heterocycles. The molecule has 0 unspecified atom stereocenters. The third-order valence-corrected chi connectivity index (χ3v) is 3.00. The highest BCUT2D eigenvalue weighted by Crippen LogP contribution is 2.25. The quantitative estimate of drug-likeness (QED) is 0.783. The van der Waals surface area contributed by atoms with Crippen molar-refractivity contribution in [2.75, 3.05) is 5.75 Å². The Morgan fingerprint density at radius 3 is 2.76 bits per heavy atom. The van der Waals surface area contributed by atoms with Crippen LogP contribution in [0, 0.1) is 5.82 Å². The van der Waals surface area contributed by atoms with Gasteiger partial charge >= 0.3 is 0 Å². The van der Waals surface area contributed by atoms with Gasteiger partial charge in [0.25, 0.3) is 5.22 Å². The summed E-state index contributed by atoms with van der Waals surface area (Å²) in [4.78, 5) is 14.8. The maximum Gasteiger partial charge on any atom is 0.256 e. The molecule has 17 heavy (non-hydrogen) atoms. The van der Waals surface area contributed by atoms with Crippen LogP contribution in [0.4, 0.5) is 4.39 Å². The zero-order chi connectivity index (χ0) is 12.3. The molecule has 1 aromatic carbocycles. The highest BCUT2D eigenvalue weighted by Gasteiger charge is 2.07. The molecule has 0 atom stereocenters. The maximum absolute atomic E-state index is 12.7. The number of ketones is 1. The normalized spacial score (nSPS) is 10.5. The second-order valence-corrected chi connectivity index (χ2v) is 4.41. The van der Waals surface area contributed by atoms with E-state index in [2.05, 4.69) is 4.98 Å². The largest absolute Gasteiger partial charge is 0.431 e. The maximum atomic E-state index is 12.7. The predicted octanol–water partition coefficient (Wildman–Crippen LogP) is 3.16. The number of carbonyl (C=O) groups is 1. The number of Topliss-reactive ketones (excluding diaryl/α,β-unsaturated/α-hetero) is 1. The summed E-state index contributed by atoms with van der Waals surface area (Å²) in [6.45, 7) is 1.51. The number of benzene rings is 1. The molecule has 0 fully saturated rings. The van der Waals surface area contributed by atoms with Crippen molar-refractivity contribution < 1.29 is 13.6 Å². The zero-order valence-electron chi connectivity index (χ0n) is 9.14. The molecular formula is C12H10FNO2S. The molecule has 0 saturated heterocycles. The Morgan fingerprint density at radius 1 is 1.41 bits per heavy atom. The Kier molecular flexibility index (Phi) is 3.58. The van der Waals surface area contributed by atoms with Gasteiger partial charge < -0.3 is 4.42 Å². The number of carbonyl (C=O) groups excluding carboxylic acids is 1. The van der Waals surface area contributed by atoms with E-state index in [1.807, 2.05) is 0 Å². The lowest BCUT2D eigenvalue weighted by atomic mass is 10.2. The fourth-order valence-corrected chi connectivity index (χ4v) is 1.84. The predicted molar refractivity (Wildman–Crippen MR) is 63.3 cm³/mol. The molecule has 2 aromatic rings. The number of aromatic nitrogens is 1. The standard InChI is InChI=1S/C12H10FNO2S/c1-8(15)7-17-12-14-6-11(16-12)9-2-4-10(13)5-3-9/h2-6H,7H2,1H3. The Morgan fingerprint density at radius 2 is 2.12 bits per heavy atom. The van der Waals surface area contributed by atoms with Crippen molar-refractivity contribution in [3.05, 3.63) is 36.3 Å². The highest BCUT2D eigenvalue weighted by molar-refractivity contribution is 7.99. The lowest BCUT2D eigenvalue weighted by Gasteiger charge is -1.95. The molecule has 0 aliphatic heterocycles. The summed E-state index contributed by atoms with van der Waals surface area (Å²) >= 11 is 1.25. The summed E-state index contributed by atoms with van der Waals surface area (Å²) in [7, 11) is 0. The summed E-state index contributed by atoms with van der Waals surface area (Å²) in [5.41, 5.74) is 0.758. The van der Waals surface area contributed by atoms with Crippen LogP contribution >= 0.6 is 11.8 Å². The third kappa shape index (κ3) is 3.17. The molecular weight excluding hydrogens is 241 g/mol. The van der Waals surface area contributed by atoms with Crippen LogP contribution < -0.4 is 0 Å². The summed E-state index contributed by atoms with van der Waals surface area (Å²) in [5, 5.41) is 0.444. The van der Waals surface area contributed by atoms with E-state index in [0.717, 1.165) is 5.56 Å². The van der Waals surface area contributed by atoms with Crippen molar-refractivity contribution >= 4 is 17.5 Å². The van der Waals surface area contributed by atoms with Gasteiger partial charge in [0.15, 0.2) is 5.76 Å². The van der Waals surface area contributed by atoms with Gasteiger partial charge in [-0.3, -0.25) is 4.79 Å². The first-order valence-corrected chi connectivity index (χ1v) is 5.98. The highest BCUT2D eigenvalue weighted by atomic mass is 32.2. The van der Waals surface area contributed by atoms with E-state index >= 15 is 0 Å². The Balaban J connectivity index is 2.12.